The van der Waals surface area contributed by atoms with Crippen molar-refractivity contribution in [2.75, 3.05) is 11.9 Å². The number of hydrogen-bond acceptors (Lipinski definition) is 6. The fourth-order valence-electron chi connectivity index (χ4n) is 3.39. The fourth-order valence-corrected chi connectivity index (χ4v) is 3.39. The van der Waals surface area contributed by atoms with Gasteiger partial charge in [0.2, 0.25) is 11.9 Å². The number of anilines is 2. The van der Waals surface area contributed by atoms with Gasteiger partial charge in [-0.1, -0.05) is 13.8 Å². The molecule has 1 saturated heterocycles. The molecule has 0 radical (unpaired) electrons. The van der Waals surface area contributed by atoms with Crippen LogP contribution in [0.1, 0.15) is 56.2 Å². The van der Waals surface area contributed by atoms with Crippen molar-refractivity contribution in [3.63, 3.8) is 0 Å². The van der Waals surface area contributed by atoms with Gasteiger partial charge in [0.05, 0.1) is 6.04 Å². The molecule has 1 aliphatic rings. The third kappa shape index (κ3) is 4.15. The second-order valence-electron chi connectivity index (χ2n) is 7.23. The van der Waals surface area contributed by atoms with E-state index in [-0.39, 0.29) is 11.9 Å². The number of rotatable bonds is 5. The van der Waals surface area contributed by atoms with Gasteiger partial charge in [-0.05, 0) is 38.7 Å². The summed E-state index contributed by atoms with van der Waals surface area (Å²) in [5.41, 5.74) is 2.56. The molecular formula is C19H26N6O. The van der Waals surface area contributed by atoms with Crippen LogP contribution in [0, 0.1) is 19.8 Å². The van der Waals surface area contributed by atoms with Gasteiger partial charge in [0.1, 0.15) is 5.69 Å². The summed E-state index contributed by atoms with van der Waals surface area (Å²) in [5, 5.41) is 3.20. The Hall–Kier alpha value is -2.57. The van der Waals surface area contributed by atoms with Gasteiger partial charge >= 0.3 is 0 Å². The highest BCUT2D eigenvalue weighted by Crippen LogP contribution is 2.35. The van der Waals surface area contributed by atoms with E-state index in [1.165, 1.54) is 0 Å². The highest BCUT2D eigenvalue weighted by molar-refractivity contribution is 5.77. The van der Waals surface area contributed by atoms with Gasteiger partial charge in [-0.2, -0.15) is 0 Å². The second-order valence-corrected chi connectivity index (χ2v) is 7.23. The van der Waals surface area contributed by atoms with E-state index in [0.717, 1.165) is 36.5 Å². The number of likely N-dealkylation sites (tertiary alicyclic amines) is 1. The summed E-state index contributed by atoms with van der Waals surface area (Å²) in [6.45, 7) is 8.76. The van der Waals surface area contributed by atoms with Crippen molar-refractivity contribution in [1.82, 2.24) is 24.8 Å². The zero-order chi connectivity index (χ0) is 18.7. The molecule has 0 spiro atoms. The molecule has 1 amide bonds. The summed E-state index contributed by atoms with van der Waals surface area (Å²) < 4.78 is 0. The summed E-state index contributed by atoms with van der Waals surface area (Å²) in [6, 6.07) is 1.87. The Balaban J connectivity index is 1.87. The first kappa shape index (κ1) is 18.2. The van der Waals surface area contributed by atoms with E-state index in [2.05, 4.69) is 39.1 Å². The molecule has 1 unspecified atom stereocenters. The summed E-state index contributed by atoms with van der Waals surface area (Å²) in [6.07, 6.45) is 5.74. The van der Waals surface area contributed by atoms with E-state index in [1.807, 2.05) is 24.8 Å². The zero-order valence-electron chi connectivity index (χ0n) is 15.9. The molecule has 2 aromatic heterocycles. The number of nitrogens with zero attached hydrogens (tertiary/aromatic N) is 5. The van der Waals surface area contributed by atoms with E-state index in [0.29, 0.717) is 24.1 Å². The Morgan fingerprint density at radius 2 is 1.92 bits per heavy atom. The van der Waals surface area contributed by atoms with Gasteiger partial charge in [-0.15, -0.1) is 0 Å². The van der Waals surface area contributed by atoms with Crippen LogP contribution in [-0.2, 0) is 4.79 Å². The molecule has 1 atom stereocenters. The van der Waals surface area contributed by atoms with Crippen LogP contribution in [0.3, 0.4) is 0 Å². The van der Waals surface area contributed by atoms with E-state index in [4.69, 9.17) is 0 Å². The normalized spacial score (nSPS) is 17.0. The molecule has 26 heavy (non-hydrogen) atoms. The fraction of sp³-hybridized carbons (Fsp3) is 0.526. The van der Waals surface area contributed by atoms with Crippen molar-refractivity contribution in [2.45, 2.75) is 53.0 Å². The van der Waals surface area contributed by atoms with Crippen molar-refractivity contribution in [3.8, 4) is 0 Å². The maximum absolute atomic E-state index is 12.6. The molecule has 1 N–H and O–H groups in total. The SMILES string of the molecule is Cc1cc(C)nc(Nc2nccnc2C2CCCN2C(=O)CC(C)C)n1. The molecule has 0 aromatic carbocycles. The first-order valence-corrected chi connectivity index (χ1v) is 9.13. The Kier molecular flexibility index (Phi) is 5.44. The maximum atomic E-state index is 12.6. The minimum atomic E-state index is -0.0524. The Labute approximate surface area is 154 Å². The van der Waals surface area contributed by atoms with Gasteiger partial charge < -0.3 is 10.2 Å². The number of nitrogens with one attached hydrogen (secondary N) is 1. The number of aryl methyl sites for hydroxylation is 2. The Morgan fingerprint density at radius 1 is 1.23 bits per heavy atom. The third-order valence-corrected chi connectivity index (χ3v) is 4.41. The van der Waals surface area contributed by atoms with Crippen LogP contribution in [0.15, 0.2) is 18.5 Å². The lowest BCUT2D eigenvalue weighted by Crippen LogP contribution is -2.32. The third-order valence-electron chi connectivity index (χ3n) is 4.41. The van der Waals surface area contributed by atoms with Gasteiger partial charge in [-0.25, -0.2) is 15.0 Å². The lowest BCUT2D eigenvalue weighted by atomic mass is 10.1. The molecule has 7 nitrogen and oxygen atoms in total. The summed E-state index contributed by atoms with van der Waals surface area (Å²) >= 11 is 0. The number of carbonyl (C=O) groups is 1. The summed E-state index contributed by atoms with van der Waals surface area (Å²) in [5.74, 6) is 1.64. The predicted octanol–water partition coefficient (Wildman–Crippen LogP) is 3.34. The Bertz CT molecular complexity index is 771. The molecular weight excluding hydrogens is 328 g/mol. The molecule has 1 fully saturated rings. The molecule has 7 heteroatoms. The second kappa shape index (κ2) is 7.76. The highest BCUT2D eigenvalue weighted by atomic mass is 16.2. The number of aromatic nitrogens is 4. The molecule has 1 aliphatic heterocycles. The van der Waals surface area contributed by atoms with Crippen LogP contribution in [0.5, 0.6) is 0 Å². The van der Waals surface area contributed by atoms with Gasteiger partial charge in [0.25, 0.3) is 0 Å². The first-order chi connectivity index (χ1) is 12.4. The van der Waals surface area contributed by atoms with Crippen molar-refractivity contribution in [1.29, 1.82) is 0 Å². The minimum Gasteiger partial charge on any atom is -0.334 e. The first-order valence-electron chi connectivity index (χ1n) is 9.13. The molecule has 3 rings (SSSR count). The van der Waals surface area contributed by atoms with Crippen molar-refractivity contribution in [3.05, 3.63) is 35.5 Å². The molecule has 0 bridgehead atoms. The van der Waals surface area contributed by atoms with E-state index < -0.39 is 0 Å². The largest absolute Gasteiger partial charge is 0.334 e. The minimum absolute atomic E-state index is 0.0524. The standard InChI is InChI=1S/C19H26N6O/c1-12(2)10-16(26)25-9-5-6-15(25)17-18(21-8-7-20-17)24-19-22-13(3)11-14(4)23-19/h7-8,11-12,15H,5-6,9-10H2,1-4H3,(H,21,22,23,24). The van der Waals surface area contributed by atoms with Crippen LogP contribution in [0.4, 0.5) is 11.8 Å². The van der Waals surface area contributed by atoms with Crippen LogP contribution < -0.4 is 5.32 Å². The monoisotopic (exact) mass is 354 g/mol. The lowest BCUT2D eigenvalue weighted by molar-refractivity contribution is -0.132. The average molecular weight is 354 g/mol. The van der Waals surface area contributed by atoms with Gasteiger partial charge in [0, 0.05) is 36.7 Å². The van der Waals surface area contributed by atoms with E-state index >= 15 is 0 Å². The Morgan fingerprint density at radius 3 is 2.62 bits per heavy atom. The zero-order valence-corrected chi connectivity index (χ0v) is 15.9. The smallest absolute Gasteiger partial charge is 0.228 e. The summed E-state index contributed by atoms with van der Waals surface area (Å²) in [7, 11) is 0. The highest BCUT2D eigenvalue weighted by Gasteiger charge is 2.33. The molecule has 0 aliphatic carbocycles. The molecule has 138 valence electrons. The molecule has 0 saturated carbocycles. The van der Waals surface area contributed by atoms with Crippen molar-refractivity contribution < 1.29 is 4.79 Å². The van der Waals surface area contributed by atoms with E-state index in [9.17, 15) is 4.79 Å². The summed E-state index contributed by atoms with van der Waals surface area (Å²) in [4.78, 5) is 32.4. The van der Waals surface area contributed by atoms with Gasteiger partial charge in [0.15, 0.2) is 5.82 Å². The lowest BCUT2D eigenvalue weighted by Gasteiger charge is -2.26. The quantitative estimate of drug-likeness (QED) is 0.886. The average Bonchev–Trinajstić information content (AvgIpc) is 3.03. The molecule has 2 aromatic rings. The van der Waals surface area contributed by atoms with Crippen LogP contribution in [0.25, 0.3) is 0 Å². The van der Waals surface area contributed by atoms with Crippen LogP contribution in [0.2, 0.25) is 0 Å². The number of hydrogen-bond donors (Lipinski definition) is 1. The van der Waals surface area contributed by atoms with Crippen molar-refractivity contribution >= 4 is 17.7 Å². The predicted molar refractivity (Wildman–Crippen MR) is 100.0 cm³/mol. The number of carbonyl (C=O) groups excluding carboxylic acids is 1. The maximum Gasteiger partial charge on any atom is 0.228 e. The van der Waals surface area contributed by atoms with Crippen LogP contribution in [-0.4, -0.2) is 37.3 Å². The van der Waals surface area contributed by atoms with Crippen LogP contribution >= 0.6 is 0 Å². The number of amides is 1. The molecule has 3 heterocycles. The van der Waals surface area contributed by atoms with Crippen molar-refractivity contribution in [2.24, 2.45) is 5.92 Å². The van der Waals surface area contributed by atoms with E-state index in [1.54, 1.807) is 12.4 Å². The topological polar surface area (TPSA) is 83.9 Å². The van der Waals surface area contributed by atoms with Gasteiger partial charge in [-0.3, -0.25) is 9.78 Å².